The second-order valence-electron chi connectivity index (χ2n) is 11.2. The van der Waals surface area contributed by atoms with Crippen molar-refractivity contribution in [2.75, 3.05) is 18.0 Å². The Hall–Kier alpha value is -4.15. The summed E-state index contributed by atoms with van der Waals surface area (Å²) in [5, 5.41) is 3.05. The quantitative estimate of drug-likeness (QED) is 0.161. The van der Waals surface area contributed by atoms with Crippen LogP contribution in [0.3, 0.4) is 0 Å². The fraction of sp³-hybridized carbons (Fsp3) is 0.278. The summed E-state index contributed by atoms with van der Waals surface area (Å²) < 4.78 is 35.6. The molecule has 0 bridgehead atoms. The van der Waals surface area contributed by atoms with Gasteiger partial charge in [0.1, 0.15) is 18.3 Å². The molecular weight excluding hydrogens is 666 g/mol. The Morgan fingerprint density at radius 3 is 2.09 bits per heavy atom. The number of halogens is 1. The summed E-state index contributed by atoms with van der Waals surface area (Å²) in [6.07, 6.45) is 0.965. The number of amides is 2. The van der Waals surface area contributed by atoms with Crippen LogP contribution < -0.4 is 14.4 Å². The first kappa shape index (κ1) is 34.7. The van der Waals surface area contributed by atoms with Crippen molar-refractivity contribution in [2.45, 2.75) is 57.1 Å². The second-order valence-corrected chi connectivity index (χ2v) is 14.0. The number of carbonyl (C=O) groups is 2. The van der Waals surface area contributed by atoms with Gasteiger partial charge in [-0.25, -0.2) is 8.42 Å². The molecule has 0 aromatic heterocycles. The highest BCUT2D eigenvalue weighted by Crippen LogP contribution is 2.27. The average molecular weight is 707 g/mol. The molecule has 0 unspecified atom stereocenters. The SMILES string of the molecule is CC[C@H](C)NC(=O)[C@H](Cc1ccccc1)N(Cc1ccc(Br)cc1)C(=O)CN(c1ccc(C)cc1)S(=O)(=O)c1ccc(OC)cc1. The minimum atomic E-state index is -4.20. The topological polar surface area (TPSA) is 96.0 Å². The van der Waals surface area contributed by atoms with E-state index in [2.05, 4.69) is 21.2 Å². The molecule has 1 N–H and O–H groups in total. The van der Waals surface area contributed by atoms with Gasteiger partial charge >= 0.3 is 0 Å². The van der Waals surface area contributed by atoms with E-state index >= 15 is 0 Å². The van der Waals surface area contributed by atoms with Gasteiger partial charge in [-0.15, -0.1) is 0 Å². The van der Waals surface area contributed by atoms with Gasteiger partial charge in [-0.1, -0.05) is 83.0 Å². The molecule has 0 heterocycles. The standard InChI is InChI=1S/C36H40BrN3O5S/c1-5-27(3)38-36(42)34(23-28-9-7-6-8-10-28)39(24-29-13-15-30(37)16-14-29)35(41)25-40(31-17-11-26(2)12-18-31)46(43,44)33-21-19-32(45-4)20-22-33/h6-22,27,34H,5,23-25H2,1-4H3,(H,38,42)/t27-,34-/m0/s1. The maximum absolute atomic E-state index is 14.5. The van der Waals surface area contributed by atoms with Gasteiger partial charge in [0.15, 0.2) is 0 Å². The fourth-order valence-electron chi connectivity index (χ4n) is 4.90. The predicted octanol–water partition coefficient (Wildman–Crippen LogP) is 6.52. The number of hydrogen-bond acceptors (Lipinski definition) is 5. The summed E-state index contributed by atoms with van der Waals surface area (Å²) in [6, 6.07) is 29.0. The number of methoxy groups -OCH3 is 1. The molecule has 0 fully saturated rings. The zero-order valence-corrected chi connectivity index (χ0v) is 28.9. The lowest BCUT2D eigenvalue weighted by Crippen LogP contribution is -2.54. The highest BCUT2D eigenvalue weighted by atomic mass is 79.9. The van der Waals surface area contributed by atoms with Crippen LogP contribution in [-0.2, 0) is 32.6 Å². The molecule has 4 aromatic carbocycles. The van der Waals surface area contributed by atoms with Crippen molar-refractivity contribution in [1.29, 1.82) is 0 Å². The Kier molecular flexibility index (Phi) is 12.0. The van der Waals surface area contributed by atoms with Crippen LogP contribution in [-0.4, -0.2) is 50.9 Å². The van der Waals surface area contributed by atoms with Crippen LogP contribution in [0.1, 0.15) is 37.0 Å². The van der Waals surface area contributed by atoms with E-state index < -0.39 is 28.5 Å². The highest BCUT2D eigenvalue weighted by molar-refractivity contribution is 9.10. The molecule has 10 heteroatoms. The lowest BCUT2D eigenvalue weighted by Gasteiger charge is -2.34. The first-order valence-corrected chi connectivity index (χ1v) is 17.4. The number of benzene rings is 4. The summed E-state index contributed by atoms with van der Waals surface area (Å²) in [5.74, 6) is -0.307. The Morgan fingerprint density at radius 1 is 0.870 bits per heavy atom. The molecule has 4 rings (SSSR count). The van der Waals surface area contributed by atoms with Crippen LogP contribution in [0.4, 0.5) is 5.69 Å². The van der Waals surface area contributed by atoms with Gasteiger partial charge in [0.05, 0.1) is 17.7 Å². The van der Waals surface area contributed by atoms with Crippen LogP contribution in [0.5, 0.6) is 5.75 Å². The van der Waals surface area contributed by atoms with Gasteiger partial charge in [0.2, 0.25) is 11.8 Å². The second kappa shape index (κ2) is 15.9. The monoisotopic (exact) mass is 705 g/mol. The maximum Gasteiger partial charge on any atom is 0.264 e. The summed E-state index contributed by atoms with van der Waals surface area (Å²) >= 11 is 3.46. The zero-order chi connectivity index (χ0) is 33.3. The van der Waals surface area contributed by atoms with E-state index in [1.54, 1.807) is 36.4 Å². The van der Waals surface area contributed by atoms with Crippen molar-refractivity contribution >= 4 is 43.5 Å². The predicted molar refractivity (Wildman–Crippen MR) is 185 cm³/mol. The Bertz CT molecular complexity index is 1700. The number of nitrogens with one attached hydrogen (secondary N) is 1. The molecule has 0 saturated heterocycles. The van der Waals surface area contributed by atoms with E-state index in [0.717, 1.165) is 25.5 Å². The molecule has 0 radical (unpaired) electrons. The lowest BCUT2D eigenvalue weighted by atomic mass is 10.0. The number of carbonyl (C=O) groups excluding carboxylic acids is 2. The van der Waals surface area contributed by atoms with Crippen LogP contribution in [0, 0.1) is 6.92 Å². The van der Waals surface area contributed by atoms with E-state index in [0.29, 0.717) is 17.9 Å². The van der Waals surface area contributed by atoms with Crippen LogP contribution in [0.15, 0.2) is 112 Å². The summed E-state index contributed by atoms with van der Waals surface area (Å²) in [7, 11) is -2.70. The molecule has 0 spiro atoms. The van der Waals surface area contributed by atoms with Crippen molar-refractivity contribution in [1.82, 2.24) is 10.2 Å². The summed E-state index contributed by atoms with van der Waals surface area (Å²) in [6.45, 7) is 5.38. The molecule has 8 nitrogen and oxygen atoms in total. The lowest BCUT2D eigenvalue weighted by molar-refractivity contribution is -0.140. The summed E-state index contributed by atoms with van der Waals surface area (Å²) in [5.41, 5.74) is 2.95. The molecule has 242 valence electrons. The van der Waals surface area contributed by atoms with Crippen molar-refractivity contribution in [2.24, 2.45) is 0 Å². The maximum atomic E-state index is 14.5. The van der Waals surface area contributed by atoms with Gasteiger partial charge in [-0.2, -0.15) is 0 Å². The van der Waals surface area contributed by atoms with Gasteiger partial charge in [0.25, 0.3) is 10.0 Å². The number of anilines is 1. The third-order valence-corrected chi connectivity index (χ3v) is 10.1. The third-order valence-electron chi connectivity index (χ3n) is 7.79. The minimum absolute atomic E-state index is 0.0106. The Balaban J connectivity index is 1.80. The number of ether oxygens (including phenoxy) is 1. The molecular formula is C36H40BrN3O5S. The smallest absolute Gasteiger partial charge is 0.264 e. The molecule has 46 heavy (non-hydrogen) atoms. The average Bonchev–Trinajstić information content (AvgIpc) is 3.06. The number of sulfonamides is 1. The molecule has 0 aliphatic rings. The zero-order valence-electron chi connectivity index (χ0n) is 26.5. The van der Waals surface area contributed by atoms with Gasteiger partial charge in [-0.05, 0) is 79.9 Å². The highest BCUT2D eigenvalue weighted by Gasteiger charge is 2.35. The molecule has 4 aromatic rings. The minimum Gasteiger partial charge on any atom is -0.497 e. The van der Waals surface area contributed by atoms with E-state index in [4.69, 9.17) is 4.74 Å². The van der Waals surface area contributed by atoms with Crippen LogP contribution in [0.2, 0.25) is 0 Å². The third kappa shape index (κ3) is 8.98. The van der Waals surface area contributed by atoms with Gasteiger partial charge in [-0.3, -0.25) is 13.9 Å². The molecule has 0 saturated carbocycles. The van der Waals surface area contributed by atoms with E-state index in [1.807, 2.05) is 75.4 Å². The van der Waals surface area contributed by atoms with Gasteiger partial charge < -0.3 is 15.0 Å². The molecule has 2 amide bonds. The fourth-order valence-corrected chi connectivity index (χ4v) is 6.57. The number of hydrogen-bond donors (Lipinski definition) is 1. The Morgan fingerprint density at radius 2 is 1.50 bits per heavy atom. The van der Waals surface area contributed by atoms with Crippen molar-refractivity contribution in [3.05, 3.63) is 124 Å². The van der Waals surface area contributed by atoms with Crippen molar-refractivity contribution < 1.29 is 22.7 Å². The Labute approximate surface area is 280 Å². The first-order chi connectivity index (χ1) is 22.0. The number of aryl methyl sites for hydroxylation is 1. The molecule has 0 aliphatic heterocycles. The molecule has 2 atom stereocenters. The first-order valence-electron chi connectivity index (χ1n) is 15.1. The van der Waals surface area contributed by atoms with E-state index in [-0.39, 0.29) is 29.8 Å². The van der Waals surface area contributed by atoms with E-state index in [1.165, 1.54) is 24.1 Å². The van der Waals surface area contributed by atoms with Crippen molar-refractivity contribution in [3.8, 4) is 5.75 Å². The van der Waals surface area contributed by atoms with Gasteiger partial charge in [0, 0.05) is 23.5 Å². The molecule has 0 aliphatic carbocycles. The number of rotatable bonds is 14. The van der Waals surface area contributed by atoms with Crippen LogP contribution >= 0.6 is 15.9 Å². The van der Waals surface area contributed by atoms with E-state index in [9.17, 15) is 18.0 Å². The normalized spacial score (nSPS) is 12.5. The number of nitrogens with zero attached hydrogens (tertiary/aromatic N) is 2. The summed E-state index contributed by atoms with van der Waals surface area (Å²) in [4.78, 5) is 30.0. The van der Waals surface area contributed by atoms with Crippen molar-refractivity contribution in [3.63, 3.8) is 0 Å². The largest absolute Gasteiger partial charge is 0.497 e. The van der Waals surface area contributed by atoms with Crippen LogP contribution in [0.25, 0.3) is 0 Å².